The lowest BCUT2D eigenvalue weighted by atomic mass is 10.1. The molecular weight excluding hydrogens is 917 g/mol. The van der Waals surface area contributed by atoms with E-state index in [-0.39, 0.29) is 77.4 Å². The van der Waals surface area contributed by atoms with Crippen molar-refractivity contribution in [2.75, 3.05) is 36.8 Å². The predicted octanol–water partition coefficient (Wildman–Crippen LogP) is 6.71. The minimum absolute atomic E-state index is 0. The summed E-state index contributed by atoms with van der Waals surface area (Å²) in [6, 6.07) is 17.4. The largest absolute Gasteiger partial charge is 0.461 e. The summed E-state index contributed by atoms with van der Waals surface area (Å²) in [6.07, 6.45) is 2.50. The monoisotopic (exact) mass is 991 g/mol. The van der Waals surface area contributed by atoms with Gasteiger partial charge in [-0.3, -0.25) is 39.4 Å². The molecule has 390 valence electrons. The van der Waals surface area contributed by atoms with Crippen molar-refractivity contribution >= 4 is 59.1 Å². The molecule has 20 heteroatoms. The molecule has 0 atom stereocenters. The van der Waals surface area contributed by atoms with Crippen LogP contribution in [0.25, 0.3) is 0 Å². The molecule has 4 rings (SSSR count). The van der Waals surface area contributed by atoms with Gasteiger partial charge in [0.25, 0.3) is 11.8 Å². The summed E-state index contributed by atoms with van der Waals surface area (Å²) in [6.45, 7) is 15.4. The van der Waals surface area contributed by atoms with E-state index in [1.807, 2.05) is 38.1 Å². The Morgan fingerprint density at radius 1 is 0.521 bits per heavy atom. The number of benzene rings is 2. The molecule has 6 amide bonds. The van der Waals surface area contributed by atoms with Crippen molar-refractivity contribution in [3.8, 4) is 0 Å². The van der Waals surface area contributed by atoms with Gasteiger partial charge in [-0.25, -0.2) is 9.59 Å². The van der Waals surface area contributed by atoms with E-state index in [0.717, 1.165) is 22.3 Å². The van der Waals surface area contributed by atoms with Gasteiger partial charge in [0.05, 0.1) is 30.6 Å². The Hall–Kier alpha value is -7.64. The van der Waals surface area contributed by atoms with Gasteiger partial charge in [0.2, 0.25) is 11.8 Å². The number of nitrogens with one attached hydrogen (secondary N) is 6. The van der Waals surface area contributed by atoms with E-state index in [1.54, 1.807) is 96.9 Å². The second-order valence-electron chi connectivity index (χ2n) is 17.6. The molecule has 0 saturated carbocycles. The van der Waals surface area contributed by atoms with Crippen molar-refractivity contribution in [2.24, 2.45) is 14.1 Å². The number of amides is 6. The number of likely N-dealkylation sites (N-methyl/N-ethyl adjacent to an activating group) is 2. The standard InChI is InChI=1S/C25H34N4O6.C24H32N4O6.2CH4/c1-6-26-21(30)13-17-7-9-18(10-8-17)16-34-22(31)11-12-27-23(32)20-14-19(15-29(20)5)28-24(33)35-25(2,3)4;1-6-25-20(29)11-16-7-9-17(10-8-16)15-33-21(30)13-26-22(31)19-12-18(14-28(19)5)27-23(32)34-24(2,3)4;;/h7-10,14-15H,6,11-13,16H2,1-5H3,(H,26,30)(H,27,32)(H,28,33);7-10,12,14H,6,11,13,15H2,1-5H3,(H,25,29)(H,26,31)(H,27,32);2*1H4. The maximum absolute atomic E-state index is 12.4. The molecule has 4 aromatic rings. The van der Waals surface area contributed by atoms with Crippen LogP contribution in [0.1, 0.15) is 120 Å². The fourth-order valence-electron chi connectivity index (χ4n) is 6.02. The van der Waals surface area contributed by atoms with Crippen LogP contribution in [0.15, 0.2) is 73.1 Å². The number of ether oxygens (including phenoxy) is 4. The van der Waals surface area contributed by atoms with Gasteiger partial charge in [0.1, 0.15) is 42.3 Å². The van der Waals surface area contributed by atoms with Gasteiger partial charge < -0.3 is 49.3 Å². The number of aryl methyl sites for hydroxylation is 2. The number of carbonyl (C=O) groups excluding carboxylic acids is 8. The van der Waals surface area contributed by atoms with Crippen LogP contribution >= 0.6 is 0 Å². The molecular formula is C51H74N8O12. The van der Waals surface area contributed by atoms with E-state index in [2.05, 4.69) is 31.9 Å². The van der Waals surface area contributed by atoms with Crippen molar-refractivity contribution in [1.29, 1.82) is 0 Å². The molecule has 0 aliphatic rings. The van der Waals surface area contributed by atoms with E-state index in [0.29, 0.717) is 36.6 Å². The second-order valence-corrected chi connectivity index (χ2v) is 17.6. The number of rotatable bonds is 19. The fraction of sp³-hybridized carbons (Fsp3) is 0.451. The zero-order valence-electron chi connectivity index (χ0n) is 41.1. The number of hydrogen-bond donors (Lipinski definition) is 6. The average Bonchev–Trinajstić information content (AvgIpc) is 3.81. The molecule has 0 aliphatic heterocycles. The van der Waals surface area contributed by atoms with E-state index in [1.165, 1.54) is 16.7 Å². The van der Waals surface area contributed by atoms with E-state index >= 15 is 0 Å². The molecule has 6 N–H and O–H groups in total. The first-order chi connectivity index (χ1) is 32.4. The smallest absolute Gasteiger partial charge is 0.412 e. The third kappa shape index (κ3) is 24.0. The average molecular weight is 991 g/mol. The maximum Gasteiger partial charge on any atom is 0.412 e. The number of hydrogen-bond acceptors (Lipinski definition) is 12. The molecule has 2 aromatic heterocycles. The first-order valence-corrected chi connectivity index (χ1v) is 22.3. The summed E-state index contributed by atoms with van der Waals surface area (Å²) in [5, 5.41) is 15.8. The quantitative estimate of drug-likeness (QED) is 0.0424. The summed E-state index contributed by atoms with van der Waals surface area (Å²) in [5.74, 6) is -2.02. The number of nitrogens with zero attached hydrogens (tertiary/aromatic N) is 2. The van der Waals surface area contributed by atoms with Gasteiger partial charge in [-0.2, -0.15) is 0 Å². The molecule has 2 heterocycles. The molecule has 0 bridgehead atoms. The Balaban J connectivity index is 0.000000691. The number of anilines is 2. The number of aromatic nitrogens is 2. The number of carbonyl (C=O) groups is 8. The van der Waals surface area contributed by atoms with Crippen LogP contribution in [0.3, 0.4) is 0 Å². The van der Waals surface area contributed by atoms with Crippen LogP contribution in [0.2, 0.25) is 0 Å². The summed E-state index contributed by atoms with van der Waals surface area (Å²) in [7, 11) is 3.31. The molecule has 0 spiro atoms. The summed E-state index contributed by atoms with van der Waals surface area (Å²) in [5.41, 5.74) is 3.39. The van der Waals surface area contributed by atoms with Gasteiger partial charge >= 0.3 is 24.1 Å². The summed E-state index contributed by atoms with van der Waals surface area (Å²) < 4.78 is 23.9. The lowest BCUT2D eigenvalue weighted by Gasteiger charge is -2.19. The van der Waals surface area contributed by atoms with Crippen molar-refractivity contribution in [1.82, 2.24) is 30.4 Å². The van der Waals surface area contributed by atoms with Crippen molar-refractivity contribution < 1.29 is 57.3 Å². The predicted molar refractivity (Wildman–Crippen MR) is 271 cm³/mol. The summed E-state index contributed by atoms with van der Waals surface area (Å²) in [4.78, 5) is 96.0. The highest BCUT2D eigenvalue weighted by molar-refractivity contribution is 5.97. The summed E-state index contributed by atoms with van der Waals surface area (Å²) >= 11 is 0. The van der Waals surface area contributed by atoms with Crippen LogP contribution in [0.5, 0.6) is 0 Å². The van der Waals surface area contributed by atoms with Gasteiger partial charge in [0, 0.05) is 46.1 Å². The van der Waals surface area contributed by atoms with Crippen LogP contribution < -0.4 is 31.9 Å². The van der Waals surface area contributed by atoms with Crippen molar-refractivity contribution in [3.63, 3.8) is 0 Å². The Morgan fingerprint density at radius 2 is 0.887 bits per heavy atom. The van der Waals surface area contributed by atoms with E-state index < -0.39 is 41.2 Å². The Morgan fingerprint density at radius 3 is 1.27 bits per heavy atom. The maximum atomic E-state index is 12.4. The van der Waals surface area contributed by atoms with E-state index in [4.69, 9.17) is 18.9 Å². The molecule has 0 unspecified atom stereocenters. The zero-order chi connectivity index (χ0) is 51.3. The minimum atomic E-state index is -0.646. The molecule has 20 nitrogen and oxygen atoms in total. The van der Waals surface area contributed by atoms with Crippen LogP contribution in [-0.4, -0.2) is 94.3 Å². The van der Waals surface area contributed by atoms with Gasteiger partial charge in [0.15, 0.2) is 0 Å². The van der Waals surface area contributed by atoms with Crippen LogP contribution in [0.4, 0.5) is 21.0 Å². The first-order valence-electron chi connectivity index (χ1n) is 22.3. The lowest BCUT2D eigenvalue weighted by Crippen LogP contribution is -2.31. The minimum Gasteiger partial charge on any atom is -0.461 e. The van der Waals surface area contributed by atoms with Crippen molar-refractivity contribution in [2.45, 2.75) is 114 Å². The van der Waals surface area contributed by atoms with Gasteiger partial charge in [-0.15, -0.1) is 0 Å². The lowest BCUT2D eigenvalue weighted by molar-refractivity contribution is -0.145. The highest BCUT2D eigenvalue weighted by atomic mass is 16.6. The third-order valence-electron chi connectivity index (χ3n) is 9.10. The molecule has 0 fully saturated rings. The van der Waals surface area contributed by atoms with Crippen molar-refractivity contribution in [3.05, 3.63) is 107 Å². The fourth-order valence-corrected chi connectivity index (χ4v) is 6.02. The zero-order valence-corrected chi connectivity index (χ0v) is 41.1. The molecule has 71 heavy (non-hydrogen) atoms. The molecule has 0 aliphatic carbocycles. The Labute approximate surface area is 417 Å². The normalized spacial score (nSPS) is 10.6. The molecule has 0 saturated heterocycles. The van der Waals surface area contributed by atoms with Gasteiger partial charge in [-0.1, -0.05) is 63.4 Å². The van der Waals surface area contributed by atoms with Gasteiger partial charge in [-0.05, 0) is 89.8 Å². The van der Waals surface area contributed by atoms with Crippen LogP contribution in [-0.2, 0) is 78.3 Å². The topological polar surface area (TPSA) is 256 Å². The highest BCUT2D eigenvalue weighted by Crippen LogP contribution is 2.17. The SMILES string of the molecule is C.C.CCNC(=O)Cc1ccc(COC(=O)CCNC(=O)c2cc(NC(=O)OC(C)(C)C)cn2C)cc1.CCNC(=O)Cc1ccc(COC(=O)CNC(=O)c2cc(NC(=O)OC(C)(C)C)cn2C)cc1. The highest BCUT2D eigenvalue weighted by Gasteiger charge is 2.21. The first kappa shape index (κ1) is 61.4. The number of esters is 2. The third-order valence-corrected chi connectivity index (χ3v) is 9.10. The second kappa shape index (κ2) is 29.4. The molecule has 0 radical (unpaired) electrons. The Kier molecular flexibility index (Phi) is 25.4. The van der Waals surface area contributed by atoms with Crippen LogP contribution in [0, 0.1) is 0 Å². The van der Waals surface area contributed by atoms with E-state index in [9.17, 15) is 38.4 Å². The Bertz CT molecular complexity index is 2390. The molecule has 2 aromatic carbocycles.